The van der Waals surface area contributed by atoms with Crippen molar-refractivity contribution in [2.45, 2.75) is 32.9 Å². The van der Waals surface area contributed by atoms with Crippen LogP contribution in [-0.4, -0.2) is 41.1 Å². The van der Waals surface area contributed by atoms with Crippen LogP contribution >= 0.6 is 0 Å². The lowest BCUT2D eigenvalue weighted by Gasteiger charge is -2.17. The van der Waals surface area contributed by atoms with Crippen molar-refractivity contribution in [2.75, 3.05) is 26.7 Å². The summed E-state index contributed by atoms with van der Waals surface area (Å²) in [5.41, 5.74) is 1.36. The van der Waals surface area contributed by atoms with Crippen LogP contribution in [0.1, 0.15) is 25.5 Å². The first-order chi connectivity index (χ1) is 8.33. The molecule has 2 heterocycles. The van der Waals surface area contributed by atoms with Crippen LogP contribution in [0.5, 0.6) is 0 Å². The van der Waals surface area contributed by atoms with Crippen LogP contribution in [0.15, 0.2) is 12.5 Å². The van der Waals surface area contributed by atoms with Gasteiger partial charge in [0, 0.05) is 25.8 Å². The Morgan fingerprint density at radius 1 is 1.53 bits per heavy atom. The molecule has 0 saturated carbocycles. The first-order valence-electron chi connectivity index (χ1n) is 6.69. The fourth-order valence-corrected chi connectivity index (χ4v) is 2.66. The van der Waals surface area contributed by atoms with Gasteiger partial charge in [-0.15, -0.1) is 0 Å². The largest absolute Gasteiger partial charge is 0.333 e. The van der Waals surface area contributed by atoms with E-state index < -0.39 is 0 Å². The Morgan fingerprint density at radius 3 is 3.18 bits per heavy atom. The molecule has 0 bridgehead atoms. The van der Waals surface area contributed by atoms with E-state index in [0.29, 0.717) is 0 Å². The van der Waals surface area contributed by atoms with E-state index in [9.17, 15) is 0 Å². The van der Waals surface area contributed by atoms with Gasteiger partial charge in [-0.3, -0.25) is 4.90 Å². The molecule has 1 unspecified atom stereocenters. The molecule has 0 amide bonds. The Kier molecular flexibility index (Phi) is 4.57. The normalized spacial score (nSPS) is 21.2. The van der Waals surface area contributed by atoms with Crippen molar-refractivity contribution < 1.29 is 0 Å². The zero-order valence-electron chi connectivity index (χ0n) is 11.0. The van der Waals surface area contributed by atoms with Gasteiger partial charge in [0.05, 0.1) is 12.0 Å². The molecular formula is C13H24N4. The highest BCUT2D eigenvalue weighted by molar-refractivity contribution is 4.99. The number of aromatic nitrogens is 2. The lowest BCUT2D eigenvalue weighted by atomic mass is 10.1. The van der Waals surface area contributed by atoms with Crippen molar-refractivity contribution in [1.82, 2.24) is 19.8 Å². The number of nitrogens with zero attached hydrogens (tertiary/aromatic N) is 3. The van der Waals surface area contributed by atoms with Gasteiger partial charge in [0.1, 0.15) is 0 Å². The standard InChI is InChI=1S/C13H24N4/c1-3-5-17-11-15-8-13(17)10-16-6-4-12(9-16)7-14-2/h8,11-12,14H,3-7,9-10H2,1-2H3. The fourth-order valence-electron chi connectivity index (χ4n) is 2.66. The molecule has 0 radical (unpaired) electrons. The molecule has 0 spiro atoms. The monoisotopic (exact) mass is 236 g/mol. The predicted octanol–water partition coefficient (Wildman–Crippen LogP) is 1.33. The minimum absolute atomic E-state index is 0.822. The van der Waals surface area contributed by atoms with Crippen LogP contribution in [0.25, 0.3) is 0 Å². The topological polar surface area (TPSA) is 33.1 Å². The zero-order valence-corrected chi connectivity index (χ0v) is 11.0. The molecule has 4 heteroatoms. The van der Waals surface area contributed by atoms with Crippen LogP contribution in [0, 0.1) is 5.92 Å². The third kappa shape index (κ3) is 3.30. The number of aryl methyl sites for hydroxylation is 1. The molecule has 1 aliphatic rings. The molecule has 1 aromatic heterocycles. The maximum atomic E-state index is 4.26. The summed E-state index contributed by atoms with van der Waals surface area (Å²) in [6.45, 7) is 7.94. The van der Waals surface area contributed by atoms with Crippen molar-refractivity contribution in [1.29, 1.82) is 0 Å². The van der Waals surface area contributed by atoms with Crippen molar-refractivity contribution in [3.63, 3.8) is 0 Å². The molecular weight excluding hydrogens is 212 g/mol. The molecule has 1 saturated heterocycles. The Morgan fingerprint density at radius 2 is 2.41 bits per heavy atom. The number of hydrogen-bond donors (Lipinski definition) is 1. The van der Waals surface area contributed by atoms with E-state index in [1.807, 2.05) is 19.6 Å². The molecule has 2 rings (SSSR count). The average Bonchev–Trinajstić information content (AvgIpc) is 2.91. The average molecular weight is 236 g/mol. The molecule has 1 atom stereocenters. The van der Waals surface area contributed by atoms with Crippen molar-refractivity contribution in [3.8, 4) is 0 Å². The summed E-state index contributed by atoms with van der Waals surface area (Å²) in [5.74, 6) is 0.822. The van der Waals surface area contributed by atoms with E-state index in [1.165, 1.54) is 31.6 Å². The van der Waals surface area contributed by atoms with Gasteiger partial charge in [0.15, 0.2) is 0 Å². The van der Waals surface area contributed by atoms with Gasteiger partial charge < -0.3 is 9.88 Å². The number of imidazole rings is 1. The highest BCUT2D eigenvalue weighted by Gasteiger charge is 2.22. The van der Waals surface area contributed by atoms with Gasteiger partial charge in [-0.1, -0.05) is 6.92 Å². The molecule has 1 N–H and O–H groups in total. The van der Waals surface area contributed by atoms with E-state index >= 15 is 0 Å². The second-order valence-electron chi connectivity index (χ2n) is 5.03. The Bertz CT molecular complexity index is 334. The SMILES string of the molecule is CCCn1cncc1CN1CCC(CNC)C1. The lowest BCUT2D eigenvalue weighted by Crippen LogP contribution is -2.25. The molecule has 96 valence electrons. The highest BCUT2D eigenvalue weighted by Crippen LogP contribution is 2.18. The second kappa shape index (κ2) is 6.17. The zero-order chi connectivity index (χ0) is 12.1. The summed E-state index contributed by atoms with van der Waals surface area (Å²) in [7, 11) is 2.04. The number of nitrogens with one attached hydrogen (secondary N) is 1. The molecule has 1 aliphatic heterocycles. The lowest BCUT2D eigenvalue weighted by molar-refractivity contribution is 0.306. The summed E-state index contributed by atoms with van der Waals surface area (Å²) in [4.78, 5) is 6.81. The molecule has 1 aromatic rings. The van der Waals surface area contributed by atoms with Crippen molar-refractivity contribution in [2.24, 2.45) is 5.92 Å². The van der Waals surface area contributed by atoms with Crippen LogP contribution in [-0.2, 0) is 13.1 Å². The quantitative estimate of drug-likeness (QED) is 0.809. The van der Waals surface area contributed by atoms with Gasteiger partial charge in [-0.05, 0) is 38.9 Å². The summed E-state index contributed by atoms with van der Waals surface area (Å²) in [6.07, 6.45) is 6.47. The highest BCUT2D eigenvalue weighted by atomic mass is 15.2. The Balaban J connectivity index is 1.86. The van der Waals surface area contributed by atoms with E-state index in [2.05, 4.69) is 26.7 Å². The van der Waals surface area contributed by atoms with Crippen LogP contribution in [0.4, 0.5) is 0 Å². The third-order valence-electron chi connectivity index (χ3n) is 3.51. The van der Waals surface area contributed by atoms with Crippen LogP contribution in [0.2, 0.25) is 0 Å². The molecule has 0 aliphatic carbocycles. The number of likely N-dealkylation sites (tertiary alicyclic amines) is 1. The van der Waals surface area contributed by atoms with Gasteiger partial charge in [0.2, 0.25) is 0 Å². The maximum absolute atomic E-state index is 4.26. The minimum Gasteiger partial charge on any atom is -0.333 e. The summed E-state index contributed by atoms with van der Waals surface area (Å²) in [6, 6.07) is 0. The smallest absolute Gasteiger partial charge is 0.0948 e. The van der Waals surface area contributed by atoms with Gasteiger partial charge in [-0.2, -0.15) is 0 Å². The molecule has 4 nitrogen and oxygen atoms in total. The van der Waals surface area contributed by atoms with E-state index in [0.717, 1.165) is 25.6 Å². The van der Waals surface area contributed by atoms with Gasteiger partial charge in [0.25, 0.3) is 0 Å². The summed E-state index contributed by atoms with van der Waals surface area (Å²) >= 11 is 0. The first-order valence-corrected chi connectivity index (χ1v) is 6.69. The Hall–Kier alpha value is -0.870. The predicted molar refractivity (Wildman–Crippen MR) is 69.8 cm³/mol. The van der Waals surface area contributed by atoms with E-state index in [4.69, 9.17) is 0 Å². The molecule has 17 heavy (non-hydrogen) atoms. The van der Waals surface area contributed by atoms with E-state index in [1.54, 1.807) is 0 Å². The van der Waals surface area contributed by atoms with Gasteiger partial charge >= 0.3 is 0 Å². The Labute approximate surface area is 104 Å². The van der Waals surface area contributed by atoms with Crippen LogP contribution < -0.4 is 5.32 Å². The van der Waals surface area contributed by atoms with Gasteiger partial charge in [-0.25, -0.2) is 4.98 Å². The first kappa shape index (κ1) is 12.6. The third-order valence-corrected chi connectivity index (χ3v) is 3.51. The maximum Gasteiger partial charge on any atom is 0.0948 e. The summed E-state index contributed by atoms with van der Waals surface area (Å²) < 4.78 is 2.28. The van der Waals surface area contributed by atoms with Crippen LogP contribution in [0.3, 0.4) is 0 Å². The van der Waals surface area contributed by atoms with Crippen molar-refractivity contribution in [3.05, 3.63) is 18.2 Å². The fraction of sp³-hybridized carbons (Fsp3) is 0.769. The number of rotatable bonds is 6. The summed E-state index contributed by atoms with van der Waals surface area (Å²) in [5, 5.41) is 3.28. The number of hydrogen-bond acceptors (Lipinski definition) is 3. The molecule has 0 aromatic carbocycles. The molecule has 1 fully saturated rings. The van der Waals surface area contributed by atoms with Crippen molar-refractivity contribution >= 4 is 0 Å². The second-order valence-corrected chi connectivity index (χ2v) is 5.03. The van der Waals surface area contributed by atoms with E-state index in [-0.39, 0.29) is 0 Å². The minimum atomic E-state index is 0.822.